The number of likely N-dealkylation sites (N-methyl/N-ethyl adjacent to an activating group) is 1. The van der Waals surface area contributed by atoms with E-state index in [1.165, 1.54) is 0 Å². The SMILES string of the molecule is CC(=O)CCc1ccc(OC[C@H](O)CN(C)CCO)cc1. The summed E-state index contributed by atoms with van der Waals surface area (Å²) in [5.41, 5.74) is 1.10. The Kier molecular flexibility index (Phi) is 7.97. The lowest BCUT2D eigenvalue weighted by molar-refractivity contribution is -0.116. The van der Waals surface area contributed by atoms with Gasteiger partial charge in [0, 0.05) is 19.5 Å². The zero-order valence-electron chi connectivity index (χ0n) is 12.8. The molecule has 0 amide bonds. The van der Waals surface area contributed by atoms with Crippen molar-refractivity contribution in [3.63, 3.8) is 0 Å². The highest BCUT2D eigenvalue weighted by atomic mass is 16.5. The molecule has 1 rings (SSSR count). The minimum absolute atomic E-state index is 0.0752. The fourth-order valence-electron chi connectivity index (χ4n) is 1.94. The first-order chi connectivity index (χ1) is 10.0. The molecular formula is C16H25NO4. The Morgan fingerprint density at radius 1 is 1.33 bits per heavy atom. The van der Waals surface area contributed by atoms with Crippen LogP contribution in [0, 0.1) is 0 Å². The molecule has 0 aromatic heterocycles. The summed E-state index contributed by atoms with van der Waals surface area (Å²) in [6, 6.07) is 7.56. The highest BCUT2D eigenvalue weighted by Gasteiger charge is 2.08. The lowest BCUT2D eigenvalue weighted by Gasteiger charge is -2.19. The first-order valence-corrected chi connectivity index (χ1v) is 7.20. The summed E-state index contributed by atoms with van der Waals surface area (Å²) in [6.07, 6.45) is 0.694. The van der Waals surface area contributed by atoms with Crippen molar-refractivity contribution in [3.05, 3.63) is 29.8 Å². The van der Waals surface area contributed by atoms with E-state index in [-0.39, 0.29) is 19.0 Å². The van der Waals surface area contributed by atoms with E-state index in [0.717, 1.165) is 12.0 Å². The molecule has 2 N–H and O–H groups in total. The molecule has 0 spiro atoms. The van der Waals surface area contributed by atoms with E-state index in [4.69, 9.17) is 9.84 Å². The number of Topliss-reactive ketones (excluding diaryl/α,β-unsaturated/α-hetero) is 1. The van der Waals surface area contributed by atoms with Crippen LogP contribution in [0.5, 0.6) is 5.75 Å². The average Bonchev–Trinajstić information content (AvgIpc) is 2.44. The lowest BCUT2D eigenvalue weighted by Crippen LogP contribution is -2.34. The predicted molar refractivity (Wildman–Crippen MR) is 81.5 cm³/mol. The molecule has 0 saturated heterocycles. The number of ether oxygens (including phenoxy) is 1. The second kappa shape index (κ2) is 9.50. The molecule has 21 heavy (non-hydrogen) atoms. The highest BCUT2D eigenvalue weighted by Crippen LogP contribution is 2.14. The molecule has 5 heteroatoms. The number of carbonyl (C=O) groups excluding carboxylic acids is 1. The Balaban J connectivity index is 2.33. The van der Waals surface area contributed by atoms with Crippen molar-refractivity contribution in [2.75, 3.05) is 33.4 Å². The number of aryl methyl sites for hydroxylation is 1. The maximum atomic E-state index is 10.9. The number of aliphatic hydroxyl groups excluding tert-OH is 2. The van der Waals surface area contributed by atoms with Gasteiger partial charge in [-0.2, -0.15) is 0 Å². The van der Waals surface area contributed by atoms with Gasteiger partial charge in [0.15, 0.2) is 0 Å². The Morgan fingerprint density at radius 2 is 2.00 bits per heavy atom. The second-order valence-corrected chi connectivity index (χ2v) is 5.30. The molecule has 0 aliphatic heterocycles. The molecule has 1 aromatic carbocycles. The molecule has 0 bridgehead atoms. The average molecular weight is 295 g/mol. The van der Waals surface area contributed by atoms with Crippen molar-refractivity contribution in [2.24, 2.45) is 0 Å². The number of aliphatic hydroxyl groups is 2. The van der Waals surface area contributed by atoms with E-state index in [0.29, 0.717) is 25.3 Å². The topological polar surface area (TPSA) is 70.0 Å². The van der Waals surface area contributed by atoms with Gasteiger partial charge in [0.1, 0.15) is 24.2 Å². The number of nitrogens with zero attached hydrogens (tertiary/aromatic N) is 1. The highest BCUT2D eigenvalue weighted by molar-refractivity contribution is 5.75. The van der Waals surface area contributed by atoms with E-state index < -0.39 is 6.10 Å². The van der Waals surface area contributed by atoms with E-state index in [1.807, 2.05) is 36.2 Å². The fraction of sp³-hybridized carbons (Fsp3) is 0.562. The summed E-state index contributed by atoms with van der Waals surface area (Å²) in [4.78, 5) is 12.8. The van der Waals surface area contributed by atoms with Crippen molar-refractivity contribution in [1.29, 1.82) is 0 Å². The molecule has 0 heterocycles. The van der Waals surface area contributed by atoms with Crippen LogP contribution in [0.25, 0.3) is 0 Å². The van der Waals surface area contributed by atoms with E-state index >= 15 is 0 Å². The largest absolute Gasteiger partial charge is 0.491 e. The van der Waals surface area contributed by atoms with Gasteiger partial charge in [-0.25, -0.2) is 0 Å². The van der Waals surface area contributed by atoms with Gasteiger partial charge in [-0.3, -0.25) is 0 Å². The first-order valence-electron chi connectivity index (χ1n) is 7.20. The maximum Gasteiger partial charge on any atom is 0.130 e. The van der Waals surface area contributed by atoms with Gasteiger partial charge in [0.25, 0.3) is 0 Å². The first kappa shape index (κ1) is 17.6. The molecule has 1 aromatic rings. The normalized spacial score (nSPS) is 12.4. The van der Waals surface area contributed by atoms with Gasteiger partial charge >= 0.3 is 0 Å². The molecule has 0 fully saturated rings. The Morgan fingerprint density at radius 3 is 2.57 bits per heavy atom. The third kappa shape index (κ3) is 7.80. The van der Waals surface area contributed by atoms with Gasteiger partial charge in [0.2, 0.25) is 0 Å². The van der Waals surface area contributed by atoms with Crippen LogP contribution < -0.4 is 4.74 Å². The van der Waals surface area contributed by atoms with Crippen LogP contribution in [-0.2, 0) is 11.2 Å². The monoisotopic (exact) mass is 295 g/mol. The summed E-state index contributed by atoms with van der Waals surface area (Å²) >= 11 is 0. The van der Waals surface area contributed by atoms with Gasteiger partial charge < -0.3 is 24.6 Å². The molecule has 1 atom stereocenters. The van der Waals surface area contributed by atoms with Crippen LogP contribution in [-0.4, -0.2) is 60.4 Å². The second-order valence-electron chi connectivity index (χ2n) is 5.30. The molecule has 0 aliphatic rings. The van der Waals surface area contributed by atoms with E-state index in [1.54, 1.807) is 6.92 Å². The number of hydrogen-bond acceptors (Lipinski definition) is 5. The number of benzene rings is 1. The van der Waals surface area contributed by atoms with Gasteiger partial charge in [-0.05, 0) is 38.1 Å². The minimum atomic E-state index is -0.598. The predicted octanol–water partition coefficient (Wildman–Crippen LogP) is 0.872. The van der Waals surface area contributed by atoms with Gasteiger partial charge in [0.05, 0.1) is 6.61 Å². The lowest BCUT2D eigenvalue weighted by atomic mass is 10.1. The molecule has 118 valence electrons. The Labute approximate surface area is 126 Å². The third-order valence-electron chi connectivity index (χ3n) is 3.14. The van der Waals surface area contributed by atoms with Crippen molar-refractivity contribution in [2.45, 2.75) is 25.9 Å². The zero-order chi connectivity index (χ0) is 15.7. The molecule has 0 radical (unpaired) electrons. The number of hydrogen-bond donors (Lipinski definition) is 2. The Bertz CT molecular complexity index is 419. The van der Waals surface area contributed by atoms with Crippen molar-refractivity contribution >= 4 is 5.78 Å². The van der Waals surface area contributed by atoms with Crippen LogP contribution in [0.1, 0.15) is 18.9 Å². The fourth-order valence-corrected chi connectivity index (χ4v) is 1.94. The summed E-state index contributed by atoms with van der Waals surface area (Å²) in [5.74, 6) is 0.885. The van der Waals surface area contributed by atoms with Crippen molar-refractivity contribution in [1.82, 2.24) is 4.90 Å². The van der Waals surface area contributed by atoms with Crippen molar-refractivity contribution < 1.29 is 19.7 Å². The van der Waals surface area contributed by atoms with Gasteiger partial charge in [-0.1, -0.05) is 12.1 Å². The van der Waals surface area contributed by atoms with Crippen LogP contribution in [0.2, 0.25) is 0 Å². The zero-order valence-corrected chi connectivity index (χ0v) is 12.8. The number of rotatable bonds is 10. The molecule has 0 saturated carbocycles. The van der Waals surface area contributed by atoms with Crippen LogP contribution in [0.3, 0.4) is 0 Å². The Hall–Kier alpha value is -1.43. The van der Waals surface area contributed by atoms with Crippen LogP contribution in [0.4, 0.5) is 0 Å². The molecular weight excluding hydrogens is 270 g/mol. The minimum Gasteiger partial charge on any atom is -0.491 e. The summed E-state index contributed by atoms with van der Waals surface area (Å²) in [5, 5.41) is 18.6. The third-order valence-corrected chi connectivity index (χ3v) is 3.14. The van der Waals surface area contributed by atoms with E-state index in [9.17, 15) is 9.90 Å². The molecule has 5 nitrogen and oxygen atoms in total. The summed E-state index contributed by atoms with van der Waals surface area (Å²) in [7, 11) is 1.84. The maximum absolute atomic E-state index is 10.9. The quantitative estimate of drug-likeness (QED) is 0.670. The van der Waals surface area contributed by atoms with Gasteiger partial charge in [-0.15, -0.1) is 0 Å². The number of ketones is 1. The van der Waals surface area contributed by atoms with E-state index in [2.05, 4.69) is 0 Å². The summed E-state index contributed by atoms with van der Waals surface area (Å²) in [6.45, 7) is 2.86. The van der Waals surface area contributed by atoms with Crippen LogP contribution in [0.15, 0.2) is 24.3 Å². The summed E-state index contributed by atoms with van der Waals surface area (Å²) < 4.78 is 5.52. The van der Waals surface area contributed by atoms with Crippen molar-refractivity contribution in [3.8, 4) is 5.75 Å². The smallest absolute Gasteiger partial charge is 0.130 e. The van der Waals surface area contributed by atoms with Crippen LogP contribution >= 0.6 is 0 Å². The number of carbonyl (C=O) groups is 1. The standard InChI is InChI=1S/C16H25NO4/c1-13(19)3-4-14-5-7-16(8-6-14)21-12-15(20)11-17(2)9-10-18/h5-8,15,18,20H,3-4,9-12H2,1-2H3/t15-/m1/s1. The molecule has 0 aliphatic carbocycles. The molecule has 0 unspecified atom stereocenters.